The van der Waals surface area contributed by atoms with E-state index < -0.39 is 5.92 Å². The summed E-state index contributed by atoms with van der Waals surface area (Å²) in [5.41, 5.74) is 4.91. The SMILES string of the molecule is CC(C)(C)c1ccc(C(=O)Nc2ccc(NC(=S)NC(=O)C(c3ccccc3)c3ccccc3)cc2)cc1. The normalized spacial score (nSPS) is 11.1. The van der Waals surface area contributed by atoms with E-state index in [1.54, 1.807) is 24.3 Å². The summed E-state index contributed by atoms with van der Waals surface area (Å²) < 4.78 is 0. The monoisotopic (exact) mass is 521 g/mol. The molecule has 0 bridgehead atoms. The predicted octanol–water partition coefficient (Wildman–Crippen LogP) is 6.88. The fraction of sp³-hybridized carbons (Fsp3) is 0.156. The molecular formula is C32H31N3O2S. The Morgan fingerprint density at radius 1 is 0.658 bits per heavy atom. The molecule has 0 heterocycles. The molecule has 2 amide bonds. The van der Waals surface area contributed by atoms with Crippen LogP contribution in [-0.4, -0.2) is 16.9 Å². The van der Waals surface area contributed by atoms with Crippen LogP contribution in [0.4, 0.5) is 11.4 Å². The van der Waals surface area contributed by atoms with E-state index in [1.165, 1.54) is 5.56 Å². The fourth-order valence-corrected chi connectivity index (χ4v) is 4.31. The lowest BCUT2D eigenvalue weighted by Crippen LogP contribution is -2.37. The van der Waals surface area contributed by atoms with Crippen molar-refractivity contribution >= 4 is 40.5 Å². The third-order valence-corrected chi connectivity index (χ3v) is 6.38. The van der Waals surface area contributed by atoms with Gasteiger partial charge in [-0.05, 0) is 70.7 Å². The van der Waals surface area contributed by atoms with Crippen molar-refractivity contribution in [2.75, 3.05) is 10.6 Å². The Balaban J connectivity index is 1.37. The molecule has 4 aromatic carbocycles. The van der Waals surface area contributed by atoms with Gasteiger partial charge < -0.3 is 16.0 Å². The van der Waals surface area contributed by atoms with Crippen LogP contribution in [0, 0.1) is 0 Å². The van der Waals surface area contributed by atoms with E-state index in [2.05, 4.69) is 36.7 Å². The second-order valence-corrected chi connectivity index (χ2v) is 10.5. The minimum Gasteiger partial charge on any atom is -0.332 e. The number of anilines is 2. The van der Waals surface area contributed by atoms with Gasteiger partial charge in [0.2, 0.25) is 5.91 Å². The van der Waals surface area contributed by atoms with Gasteiger partial charge in [-0.3, -0.25) is 9.59 Å². The minimum absolute atomic E-state index is 0.0297. The van der Waals surface area contributed by atoms with Crippen LogP contribution >= 0.6 is 12.2 Å². The van der Waals surface area contributed by atoms with Crippen LogP contribution in [0.3, 0.4) is 0 Å². The molecule has 0 aromatic heterocycles. The Labute approximate surface area is 229 Å². The van der Waals surface area contributed by atoms with Gasteiger partial charge in [0.05, 0.1) is 5.92 Å². The summed E-state index contributed by atoms with van der Waals surface area (Å²) in [6.07, 6.45) is 0. The maximum atomic E-state index is 13.2. The number of hydrogen-bond donors (Lipinski definition) is 3. The highest BCUT2D eigenvalue weighted by Gasteiger charge is 2.23. The first kappa shape index (κ1) is 26.8. The molecule has 6 heteroatoms. The van der Waals surface area contributed by atoms with Crippen molar-refractivity contribution in [3.8, 4) is 0 Å². The molecule has 0 aliphatic heterocycles. The van der Waals surface area contributed by atoms with Crippen molar-refractivity contribution in [1.82, 2.24) is 5.32 Å². The van der Waals surface area contributed by atoms with E-state index in [4.69, 9.17) is 12.2 Å². The minimum atomic E-state index is -0.493. The maximum Gasteiger partial charge on any atom is 0.255 e. The fourth-order valence-electron chi connectivity index (χ4n) is 4.09. The number of rotatable bonds is 6. The lowest BCUT2D eigenvalue weighted by molar-refractivity contribution is -0.120. The van der Waals surface area contributed by atoms with E-state index in [-0.39, 0.29) is 22.3 Å². The second-order valence-electron chi connectivity index (χ2n) is 10.1. The lowest BCUT2D eigenvalue weighted by atomic mass is 9.87. The highest BCUT2D eigenvalue weighted by Crippen LogP contribution is 2.25. The molecule has 0 radical (unpaired) electrons. The van der Waals surface area contributed by atoms with Crippen LogP contribution in [0.15, 0.2) is 109 Å². The molecule has 0 aliphatic rings. The Hall–Kier alpha value is -4.29. The van der Waals surface area contributed by atoms with Crippen molar-refractivity contribution in [3.63, 3.8) is 0 Å². The van der Waals surface area contributed by atoms with Crippen LogP contribution in [0.1, 0.15) is 53.7 Å². The van der Waals surface area contributed by atoms with E-state index in [1.807, 2.05) is 84.9 Å². The molecular weight excluding hydrogens is 490 g/mol. The zero-order valence-corrected chi connectivity index (χ0v) is 22.5. The first-order chi connectivity index (χ1) is 18.2. The van der Waals surface area contributed by atoms with Crippen molar-refractivity contribution in [3.05, 3.63) is 131 Å². The van der Waals surface area contributed by atoms with E-state index in [0.29, 0.717) is 16.9 Å². The van der Waals surface area contributed by atoms with Gasteiger partial charge in [0.25, 0.3) is 5.91 Å². The molecule has 0 saturated heterocycles. The highest BCUT2D eigenvalue weighted by atomic mass is 32.1. The average Bonchev–Trinajstić information content (AvgIpc) is 2.90. The summed E-state index contributed by atoms with van der Waals surface area (Å²) in [7, 11) is 0. The third-order valence-electron chi connectivity index (χ3n) is 6.18. The summed E-state index contributed by atoms with van der Waals surface area (Å²) in [6.45, 7) is 6.42. The number of carbonyl (C=O) groups excluding carboxylic acids is 2. The van der Waals surface area contributed by atoms with Crippen LogP contribution in [0.5, 0.6) is 0 Å². The van der Waals surface area contributed by atoms with E-state index >= 15 is 0 Å². The highest BCUT2D eigenvalue weighted by molar-refractivity contribution is 7.80. The van der Waals surface area contributed by atoms with Crippen LogP contribution in [0.25, 0.3) is 0 Å². The van der Waals surface area contributed by atoms with Crippen LogP contribution < -0.4 is 16.0 Å². The van der Waals surface area contributed by atoms with Crippen molar-refractivity contribution in [2.24, 2.45) is 0 Å². The Morgan fingerprint density at radius 2 is 1.13 bits per heavy atom. The molecule has 4 rings (SSSR count). The van der Waals surface area contributed by atoms with E-state index in [9.17, 15) is 9.59 Å². The van der Waals surface area contributed by atoms with Gasteiger partial charge in [-0.15, -0.1) is 0 Å². The molecule has 5 nitrogen and oxygen atoms in total. The Morgan fingerprint density at radius 3 is 1.61 bits per heavy atom. The van der Waals surface area contributed by atoms with Gasteiger partial charge >= 0.3 is 0 Å². The number of hydrogen-bond acceptors (Lipinski definition) is 3. The largest absolute Gasteiger partial charge is 0.332 e. The first-order valence-corrected chi connectivity index (χ1v) is 12.9. The van der Waals surface area contributed by atoms with Gasteiger partial charge in [0, 0.05) is 16.9 Å². The molecule has 0 saturated carbocycles. The van der Waals surface area contributed by atoms with Crippen molar-refractivity contribution < 1.29 is 9.59 Å². The van der Waals surface area contributed by atoms with Gasteiger partial charge in [0.15, 0.2) is 5.11 Å². The molecule has 4 aromatic rings. The first-order valence-electron chi connectivity index (χ1n) is 12.4. The van der Waals surface area contributed by atoms with Crippen molar-refractivity contribution in [2.45, 2.75) is 32.1 Å². The molecule has 38 heavy (non-hydrogen) atoms. The predicted molar refractivity (Wildman–Crippen MR) is 159 cm³/mol. The molecule has 0 unspecified atom stereocenters. The quantitative estimate of drug-likeness (QED) is 0.242. The van der Waals surface area contributed by atoms with Crippen molar-refractivity contribution in [1.29, 1.82) is 0 Å². The molecule has 0 atom stereocenters. The van der Waals surface area contributed by atoms with Crippen LogP contribution in [-0.2, 0) is 10.2 Å². The maximum absolute atomic E-state index is 13.2. The third kappa shape index (κ3) is 6.93. The molecule has 0 aliphatic carbocycles. The zero-order valence-electron chi connectivity index (χ0n) is 21.7. The molecule has 0 fully saturated rings. The Kier molecular flexibility index (Phi) is 8.34. The number of nitrogens with one attached hydrogen (secondary N) is 3. The second kappa shape index (κ2) is 11.8. The summed E-state index contributed by atoms with van der Waals surface area (Å²) in [4.78, 5) is 25.9. The number of carbonyl (C=O) groups is 2. The number of amides is 2. The zero-order chi connectivity index (χ0) is 27.1. The number of thiocarbonyl (C=S) groups is 1. The molecule has 192 valence electrons. The summed E-state index contributed by atoms with van der Waals surface area (Å²) in [5.74, 6) is -0.893. The van der Waals surface area contributed by atoms with Gasteiger partial charge in [-0.2, -0.15) is 0 Å². The number of benzene rings is 4. The standard InChI is InChI=1S/C32H31N3O2S/c1-32(2,3)25-16-14-24(15-17-25)29(36)33-26-18-20-27(21-19-26)34-31(38)35-30(37)28(22-10-6-4-7-11-22)23-12-8-5-9-13-23/h4-21,28H,1-3H3,(H,33,36)(H2,34,35,37,38). The van der Waals surface area contributed by atoms with Gasteiger partial charge in [0.1, 0.15) is 0 Å². The van der Waals surface area contributed by atoms with E-state index in [0.717, 1.165) is 11.1 Å². The Bertz CT molecular complexity index is 1360. The average molecular weight is 522 g/mol. The molecule has 3 N–H and O–H groups in total. The van der Waals surface area contributed by atoms with Gasteiger partial charge in [-0.1, -0.05) is 93.6 Å². The van der Waals surface area contributed by atoms with Gasteiger partial charge in [-0.25, -0.2) is 0 Å². The molecule has 0 spiro atoms. The lowest BCUT2D eigenvalue weighted by Gasteiger charge is -2.19. The topological polar surface area (TPSA) is 70.2 Å². The van der Waals surface area contributed by atoms with Crippen LogP contribution in [0.2, 0.25) is 0 Å². The summed E-state index contributed by atoms with van der Waals surface area (Å²) in [5, 5.41) is 8.98. The summed E-state index contributed by atoms with van der Waals surface area (Å²) in [6, 6.07) is 34.0. The summed E-state index contributed by atoms with van der Waals surface area (Å²) >= 11 is 5.42. The smallest absolute Gasteiger partial charge is 0.255 e.